The van der Waals surface area contributed by atoms with Gasteiger partial charge in [-0.05, 0) is 101 Å². The summed E-state index contributed by atoms with van der Waals surface area (Å²) in [7, 11) is 0. The third-order valence-electron chi connectivity index (χ3n) is 11.4. The topological polar surface area (TPSA) is 33.1 Å². The van der Waals surface area contributed by atoms with Crippen LogP contribution in [0.25, 0.3) is 70.1 Å². The number of nitrogens with one attached hydrogen (secondary N) is 1. The van der Waals surface area contributed by atoms with Crippen LogP contribution in [0.2, 0.25) is 0 Å². The Labute approximate surface area is 368 Å². The molecule has 1 aliphatic heterocycles. The van der Waals surface area contributed by atoms with Crippen molar-refractivity contribution in [2.75, 3.05) is 10.2 Å². The van der Waals surface area contributed by atoms with Crippen LogP contribution >= 0.6 is 11.3 Å². The summed E-state index contributed by atoms with van der Waals surface area (Å²) >= 11 is 1.85. The maximum absolute atomic E-state index is 4.88. The van der Waals surface area contributed by atoms with Crippen molar-refractivity contribution in [1.29, 1.82) is 0 Å². The SMILES string of the molecule is C=C1/C=C\C=C/N(c2ccc3c(c2)c2ncccc2n3-c2ccccc2)c2ccc3c(sc4ccc(C5=CC=CC(Nc6ccccc6-c6ccccc6)C5)cc43)c21.CC.CC. The molecule has 1 N–H and O–H groups in total. The first-order chi connectivity index (χ1) is 30.7. The van der Waals surface area contributed by atoms with Crippen LogP contribution in [0.1, 0.15) is 45.2 Å². The molecule has 1 atom stereocenters. The first-order valence-electron chi connectivity index (χ1n) is 21.7. The number of hydrogen-bond donors (Lipinski definition) is 1. The fourth-order valence-electron chi connectivity index (χ4n) is 8.74. The van der Waals surface area contributed by atoms with Crippen LogP contribution in [0.5, 0.6) is 0 Å². The number of hydrogen-bond acceptors (Lipinski definition) is 4. The highest BCUT2D eigenvalue weighted by Gasteiger charge is 2.22. The monoisotopic (exact) mass is 822 g/mol. The van der Waals surface area contributed by atoms with E-state index in [1.807, 2.05) is 51.3 Å². The third-order valence-corrected chi connectivity index (χ3v) is 12.6. The molecule has 4 nitrogen and oxygen atoms in total. The van der Waals surface area contributed by atoms with Gasteiger partial charge in [-0.1, -0.05) is 144 Å². The second-order valence-corrected chi connectivity index (χ2v) is 16.0. The molecule has 1 unspecified atom stereocenters. The summed E-state index contributed by atoms with van der Waals surface area (Å²) in [4.78, 5) is 7.18. The number of allylic oxidation sites excluding steroid dienone is 6. The summed E-state index contributed by atoms with van der Waals surface area (Å²) in [6.07, 6.45) is 18.0. The van der Waals surface area contributed by atoms with Gasteiger partial charge >= 0.3 is 0 Å². The molecule has 0 fully saturated rings. The first kappa shape index (κ1) is 40.2. The molecule has 9 aromatic rings. The minimum absolute atomic E-state index is 0.179. The molecule has 5 heteroatoms. The van der Waals surface area contributed by atoms with Crippen LogP contribution < -0.4 is 10.2 Å². The van der Waals surface area contributed by atoms with Gasteiger partial charge in [0.15, 0.2) is 0 Å². The summed E-state index contributed by atoms with van der Waals surface area (Å²) in [5, 5.41) is 7.49. The van der Waals surface area contributed by atoms with Crippen molar-refractivity contribution >= 4 is 81.7 Å². The number of thiophene rings is 1. The molecule has 0 bridgehead atoms. The van der Waals surface area contributed by atoms with Crippen LogP contribution in [0.4, 0.5) is 17.1 Å². The molecule has 0 saturated carbocycles. The number of rotatable bonds is 6. The van der Waals surface area contributed by atoms with E-state index in [0.717, 1.165) is 62.2 Å². The van der Waals surface area contributed by atoms with Gasteiger partial charge in [0.2, 0.25) is 0 Å². The lowest BCUT2D eigenvalue weighted by Gasteiger charge is -2.25. The Morgan fingerprint density at radius 2 is 1.45 bits per heavy atom. The average Bonchev–Trinajstić information content (AvgIpc) is 3.88. The highest BCUT2D eigenvalue weighted by Crippen LogP contribution is 2.46. The van der Waals surface area contributed by atoms with Gasteiger partial charge in [0.25, 0.3) is 0 Å². The second kappa shape index (κ2) is 17.8. The van der Waals surface area contributed by atoms with Crippen molar-refractivity contribution in [1.82, 2.24) is 9.55 Å². The van der Waals surface area contributed by atoms with E-state index in [4.69, 9.17) is 4.98 Å². The minimum Gasteiger partial charge on any atom is -0.378 e. The number of anilines is 3. The summed E-state index contributed by atoms with van der Waals surface area (Å²) in [5.41, 5.74) is 14.8. The normalized spacial score (nSPS) is 15.5. The fraction of sp³-hybridized carbons (Fsp3) is 0.105. The number of aromatic nitrogens is 2. The molecule has 4 heterocycles. The molecule has 0 spiro atoms. The zero-order valence-corrected chi connectivity index (χ0v) is 36.5. The van der Waals surface area contributed by atoms with Gasteiger partial charge in [-0.2, -0.15) is 0 Å². The molecule has 304 valence electrons. The number of pyridine rings is 1. The number of benzene rings is 6. The highest BCUT2D eigenvalue weighted by molar-refractivity contribution is 7.26. The van der Waals surface area contributed by atoms with Gasteiger partial charge in [0.1, 0.15) is 0 Å². The third kappa shape index (κ3) is 7.35. The lowest BCUT2D eigenvalue weighted by Crippen LogP contribution is -2.19. The second-order valence-electron chi connectivity index (χ2n) is 14.9. The Balaban J connectivity index is 0.00000119. The number of para-hydroxylation sites is 2. The molecule has 1 aliphatic carbocycles. The van der Waals surface area contributed by atoms with Crippen LogP contribution in [-0.4, -0.2) is 15.6 Å². The molecule has 62 heavy (non-hydrogen) atoms. The summed E-state index contributed by atoms with van der Waals surface area (Å²) < 4.78 is 4.82. The minimum atomic E-state index is 0.179. The van der Waals surface area contributed by atoms with Gasteiger partial charge in [0.05, 0.1) is 22.2 Å². The Kier molecular flexibility index (Phi) is 11.5. The fourth-order valence-corrected chi connectivity index (χ4v) is 10.00. The quantitative estimate of drug-likeness (QED) is 0.181. The van der Waals surface area contributed by atoms with E-state index in [-0.39, 0.29) is 6.04 Å². The van der Waals surface area contributed by atoms with Crippen molar-refractivity contribution < 1.29 is 0 Å². The van der Waals surface area contributed by atoms with Gasteiger partial charge in [-0.3, -0.25) is 4.98 Å². The average molecular weight is 823 g/mol. The van der Waals surface area contributed by atoms with E-state index in [0.29, 0.717) is 0 Å². The maximum Gasteiger partial charge on any atom is 0.0964 e. The molecule has 0 saturated heterocycles. The molecule has 0 radical (unpaired) electrons. The molecule has 11 rings (SSSR count). The number of fused-ring (bicyclic) bond motifs is 8. The summed E-state index contributed by atoms with van der Waals surface area (Å²) in [5.74, 6) is 0. The van der Waals surface area contributed by atoms with E-state index in [2.05, 4.69) is 204 Å². The van der Waals surface area contributed by atoms with Crippen molar-refractivity contribution in [2.24, 2.45) is 0 Å². The van der Waals surface area contributed by atoms with Crippen LogP contribution in [0.3, 0.4) is 0 Å². The molecule has 2 aliphatic rings. The predicted molar refractivity (Wildman–Crippen MR) is 271 cm³/mol. The molecular formula is C57H50N4S. The van der Waals surface area contributed by atoms with E-state index >= 15 is 0 Å². The largest absolute Gasteiger partial charge is 0.378 e. The first-order valence-corrected chi connectivity index (χ1v) is 22.6. The summed E-state index contributed by atoms with van der Waals surface area (Å²) in [6.45, 7) is 12.6. The van der Waals surface area contributed by atoms with Crippen molar-refractivity contribution in [2.45, 2.75) is 40.2 Å². The van der Waals surface area contributed by atoms with E-state index in [1.165, 1.54) is 42.4 Å². The maximum atomic E-state index is 4.88. The van der Waals surface area contributed by atoms with Crippen LogP contribution in [-0.2, 0) is 0 Å². The molecule has 0 amide bonds. The summed E-state index contributed by atoms with van der Waals surface area (Å²) in [6, 6.07) is 52.4. The zero-order valence-electron chi connectivity index (χ0n) is 35.7. The highest BCUT2D eigenvalue weighted by atomic mass is 32.1. The van der Waals surface area contributed by atoms with Crippen molar-refractivity contribution in [3.63, 3.8) is 0 Å². The van der Waals surface area contributed by atoms with E-state index in [1.54, 1.807) is 0 Å². The Bertz CT molecular complexity index is 3200. The van der Waals surface area contributed by atoms with Crippen molar-refractivity contribution in [3.05, 3.63) is 212 Å². The van der Waals surface area contributed by atoms with Gasteiger partial charge < -0.3 is 14.8 Å². The van der Waals surface area contributed by atoms with Gasteiger partial charge in [0, 0.05) is 72.2 Å². The van der Waals surface area contributed by atoms with E-state index in [9.17, 15) is 0 Å². The zero-order chi connectivity index (χ0) is 42.6. The standard InChI is InChI=1S/C53H38N4S.2C2H6/c1-35-14-10-11-31-56(41-25-27-47-45(34-41)52-49(23-13-30-54-52)57(47)40-19-6-3-7-20-40)48-28-26-43-44-33-38(24-29-50(44)58-53(43)51(35)48)37-17-12-18-39(32-37)55-46-22-9-8-21-42(46)36-15-4-2-5-16-36;2*1-2/h2-31,33-34,39,55H,1,32H2;2*1-2H3/b14-10-,31-11-;;. The van der Waals surface area contributed by atoms with Crippen LogP contribution in [0.15, 0.2) is 201 Å². The predicted octanol–water partition coefficient (Wildman–Crippen LogP) is 16.3. The van der Waals surface area contributed by atoms with Crippen LogP contribution in [0, 0.1) is 0 Å². The molecule has 6 aromatic carbocycles. The van der Waals surface area contributed by atoms with Gasteiger partial charge in [-0.15, -0.1) is 11.3 Å². The van der Waals surface area contributed by atoms with E-state index < -0.39 is 0 Å². The Hall–Kier alpha value is -7.21. The Morgan fingerprint density at radius 3 is 2.29 bits per heavy atom. The molecule has 3 aromatic heterocycles. The lowest BCUT2D eigenvalue weighted by molar-refractivity contribution is 0.897. The Morgan fingerprint density at radius 1 is 0.661 bits per heavy atom. The number of nitrogens with zero attached hydrogens (tertiary/aromatic N) is 3. The molecular weight excluding hydrogens is 773 g/mol. The smallest absolute Gasteiger partial charge is 0.0964 e. The lowest BCUT2D eigenvalue weighted by atomic mass is 9.92. The van der Waals surface area contributed by atoms with Gasteiger partial charge in [-0.25, -0.2) is 0 Å². The van der Waals surface area contributed by atoms with Crippen molar-refractivity contribution in [3.8, 4) is 16.8 Å².